The number of ether oxygens (including phenoxy) is 1. The highest BCUT2D eigenvalue weighted by molar-refractivity contribution is 5.50. The number of likely N-dealkylation sites (tertiary alicyclic amines) is 1. The minimum absolute atomic E-state index is 0.277. The van der Waals surface area contributed by atoms with Crippen LogP contribution in [0.2, 0.25) is 0 Å². The molecule has 2 N–H and O–H groups in total. The van der Waals surface area contributed by atoms with Gasteiger partial charge in [-0.05, 0) is 60.9 Å². The molecule has 1 aliphatic rings. The Morgan fingerprint density at radius 1 is 1.00 bits per heavy atom. The van der Waals surface area contributed by atoms with E-state index in [9.17, 15) is 0 Å². The summed E-state index contributed by atoms with van der Waals surface area (Å²) in [6, 6.07) is 19.9. The topological polar surface area (TPSA) is 41.7 Å². The van der Waals surface area contributed by atoms with E-state index in [2.05, 4.69) is 86.0 Å². The molecule has 0 bridgehead atoms. The van der Waals surface area contributed by atoms with Gasteiger partial charge in [0.1, 0.15) is 12.4 Å². The summed E-state index contributed by atoms with van der Waals surface area (Å²) in [5, 5.41) is 0. The van der Waals surface area contributed by atoms with Crippen LogP contribution in [0.5, 0.6) is 5.75 Å². The summed E-state index contributed by atoms with van der Waals surface area (Å²) in [5.74, 6) is 2.28. The monoisotopic (exact) mass is 437 g/mol. The smallest absolute Gasteiger partial charge is 0.119 e. The second-order valence-electron chi connectivity index (χ2n) is 10.2. The van der Waals surface area contributed by atoms with Crippen molar-refractivity contribution in [1.82, 2.24) is 4.90 Å². The molecule has 0 amide bonds. The van der Waals surface area contributed by atoms with Crippen LogP contribution in [-0.2, 0) is 6.61 Å². The fraction of sp³-hybridized carbons (Fsp3) is 0.571. The molecule has 4 nitrogen and oxygen atoms in total. The van der Waals surface area contributed by atoms with Gasteiger partial charge >= 0.3 is 0 Å². The van der Waals surface area contributed by atoms with E-state index in [0.29, 0.717) is 24.5 Å². The Bertz CT molecular complexity index is 775. The van der Waals surface area contributed by atoms with Crippen molar-refractivity contribution >= 4 is 5.69 Å². The van der Waals surface area contributed by atoms with Gasteiger partial charge in [0.15, 0.2) is 0 Å². The summed E-state index contributed by atoms with van der Waals surface area (Å²) in [6.07, 6.45) is 3.51. The van der Waals surface area contributed by atoms with Crippen molar-refractivity contribution in [2.45, 2.75) is 65.6 Å². The van der Waals surface area contributed by atoms with E-state index in [0.717, 1.165) is 38.3 Å². The number of benzene rings is 2. The number of nitrogens with two attached hydrogens (primary N) is 1. The van der Waals surface area contributed by atoms with Crippen LogP contribution in [0.15, 0.2) is 54.6 Å². The van der Waals surface area contributed by atoms with Crippen molar-refractivity contribution in [2.75, 3.05) is 31.1 Å². The van der Waals surface area contributed by atoms with Crippen LogP contribution < -0.4 is 15.4 Å². The standard InChI is InChI=1S/C28H43N3O/c1-22(2)14-17-31(27-15-16-30(20-27)19-25(29)18-23(3)4)26-10-12-28(13-11-26)32-21-24-8-6-5-7-9-24/h5-13,22-23,25,27H,14-21,29H2,1-4H3. The average Bonchev–Trinajstić information content (AvgIpc) is 3.21. The molecule has 2 atom stereocenters. The minimum Gasteiger partial charge on any atom is -0.489 e. The van der Waals surface area contributed by atoms with Gasteiger partial charge in [0.25, 0.3) is 0 Å². The van der Waals surface area contributed by atoms with Crippen LogP contribution in [0.1, 0.15) is 52.5 Å². The van der Waals surface area contributed by atoms with Crippen LogP contribution in [-0.4, -0.2) is 43.2 Å². The second kappa shape index (κ2) is 12.3. The maximum atomic E-state index is 6.40. The van der Waals surface area contributed by atoms with Crippen molar-refractivity contribution in [3.63, 3.8) is 0 Å². The lowest BCUT2D eigenvalue weighted by atomic mass is 10.0. The van der Waals surface area contributed by atoms with Gasteiger partial charge < -0.3 is 15.4 Å². The molecule has 0 spiro atoms. The lowest BCUT2D eigenvalue weighted by Gasteiger charge is -2.32. The average molecular weight is 438 g/mol. The zero-order chi connectivity index (χ0) is 22.9. The Hall–Kier alpha value is -2.04. The number of rotatable bonds is 12. The molecule has 2 aromatic carbocycles. The summed E-state index contributed by atoms with van der Waals surface area (Å²) in [7, 11) is 0. The quantitative estimate of drug-likeness (QED) is 0.472. The molecule has 0 aliphatic carbocycles. The molecule has 2 unspecified atom stereocenters. The minimum atomic E-state index is 0.277. The zero-order valence-electron chi connectivity index (χ0n) is 20.5. The molecule has 0 saturated carbocycles. The third-order valence-corrected chi connectivity index (χ3v) is 6.32. The Morgan fingerprint density at radius 3 is 2.38 bits per heavy atom. The molecular weight excluding hydrogens is 394 g/mol. The largest absolute Gasteiger partial charge is 0.489 e. The Morgan fingerprint density at radius 2 is 1.72 bits per heavy atom. The third-order valence-electron chi connectivity index (χ3n) is 6.32. The van der Waals surface area contributed by atoms with Crippen LogP contribution in [0.4, 0.5) is 5.69 Å². The molecule has 3 rings (SSSR count). The van der Waals surface area contributed by atoms with E-state index in [1.807, 2.05) is 6.07 Å². The van der Waals surface area contributed by atoms with E-state index >= 15 is 0 Å². The highest BCUT2D eigenvalue weighted by Crippen LogP contribution is 2.27. The Kier molecular flexibility index (Phi) is 9.43. The third kappa shape index (κ3) is 7.83. The van der Waals surface area contributed by atoms with Crippen molar-refractivity contribution in [3.05, 3.63) is 60.2 Å². The first-order valence-electron chi connectivity index (χ1n) is 12.4. The van der Waals surface area contributed by atoms with Gasteiger partial charge in [-0.3, -0.25) is 4.90 Å². The van der Waals surface area contributed by atoms with Crippen LogP contribution >= 0.6 is 0 Å². The first-order valence-corrected chi connectivity index (χ1v) is 12.4. The Balaban J connectivity index is 1.61. The fourth-order valence-corrected chi connectivity index (χ4v) is 4.64. The van der Waals surface area contributed by atoms with Crippen molar-refractivity contribution in [1.29, 1.82) is 0 Å². The van der Waals surface area contributed by atoms with Crippen molar-refractivity contribution in [3.8, 4) is 5.75 Å². The fourth-order valence-electron chi connectivity index (χ4n) is 4.64. The molecule has 1 fully saturated rings. The van der Waals surface area contributed by atoms with E-state index in [4.69, 9.17) is 10.5 Å². The Labute approximate surface area is 195 Å². The van der Waals surface area contributed by atoms with Crippen LogP contribution in [0.25, 0.3) is 0 Å². The first-order chi connectivity index (χ1) is 15.4. The molecule has 176 valence electrons. The van der Waals surface area contributed by atoms with E-state index in [1.54, 1.807) is 0 Å². The predicted octanol–water partition coefficient (Wildman–Crippen LogP) is 5.57. The molecule has 4 heteroatoms. The molecule has 2 aromatic rings. The number of hydrogen-bond donors (Lipinski definition) is 1. The number of nitrogens with zero attached hydrogens (tertiary/aromatic N) is 2. The maximum absolute atomic E-state index is 6.40. The normalized spacial score (nSPS) is 17.8. The summed E-state index contributed by atoms with van der Waals surface area (Å²) < 4.78 is 6.00. The van der Waals surface area contributed by atoms with Gasteiger partial charge in [0, 0.05) is 44.0 Å². The summed E-state index contributed by atoms with van der Waals surface area (Å²) in [4.78, 5) is 5.19. The second-order valence-corrected chi connectivity index (χ2v) is 10.2. The SMILES string of the molecule is CC(C)CCN(c1ccc(OCc2ccccc2)cc1)C1CCN(CC(N)CC(C)C)C1. The van der Waals surface area contributed by atoms with Gasteiger partial charge in [-0.1, -0.05) is 58.0 Å². The molecule has 1 saturated heterocycles. The highest BCUT2D eigenvalue weighted by Gasteiger charge is 2.29. The van der Waals surface area contributed by atoms with Gasteiger partial charge in [0.2, 0.25) is 0 Å². The summed E-state index contributed by atoms with van der Waals surface area (Å²) >= 11 is 0. The van der Waals surface area contributed by atoms with E-state index in [-0.39, 0.29) is 6.04 Å². The van der Waals surface area contributed by atoms with Gasteiger partial charge in [-0.15, -0.1) is 0 Å². The predicted molar refractivity (Wildman–Crippen MR) is 136 cm³/mol. The van der Waals surface area contributed by atoms with Crippen LogP contribution in [0, 0.1) is 11.8 Å². The summed E-state index contributed by atoms with van der Waals surface area (Å²) in [5.41, 5.74) is 8.90. The molecule has 32 heavy (non-hydrogen) atoms. The van der Waals surface area contributed by atoms with E-state index in [1.165, 1.54) is 24.1 Å². The molecular formula is C28H43N3O. The summed E-state index contributed by atoms with van der Waals surface area (Å²) in [6.45, 7) is 14.1. The first kappa shape index (κ1) is 24.6. The molecule has 0 radical (unpaired) electrons. The lowest BCUT2D eigenvalue weighted by Crippen LogP contribution is -2.41. The molecule has 0 aromatic heterocycles. The molecule has 1 heterocycles. The molecule has 1 aliphatic heterocycles. The van der Waals surface area contributed by atoms with Gasteiger partial charge in [0.05, 0.1) is 0 Å². The highest BCUT2D eigenvalue weighted by atomic mass is 16.5. The maximum Gasteiger partial charge on any atom is 0.119 e. The van der Waals surface area contributed by atoms with Gasteiger partial charge in [-0.2, -0.15) is 0 Å². The van der Waals surface area contributed by atoms with Crippen molar-refractivity contribution in [2.24, 2.45) is 17.6 Å². The zero-order valence-corrected chi connectivity index (χ0v) is 20.5. The van der Waals surface area contributed by atoms with Gasteiger partial charge in [-0.25, -0.2) is 0 Å². The lowest BCUT2D eigenvalue weighted by molar-refractivity contribution is 0.291. The van der Waals surface area contributed by atoms with Crippen molar-refractivity contribution < 1.29 is 4.74 Å². The van der Waals surface area contributed by atoms with E-state index < -0.39 is 0 Å². The number of anilines is 1. The number of hydrogen-bond acceptors (Lipinski definition) is 4. The van der Waals surface area contributed by atoms with Crippen LogP contribution in [0.3, 0.4) is 0 Å².